The second-order valence-corrected chi connectivity index (χ2v) is 8.72. The summed E-state index contributed by atoms with van der Waals surface area (Å²) >= 11 is 0. The van der Waals surface area contributed by atoms with Crippen LogP contribution in [-0.2, 0) is 14.8 Å². The number of nitrogens with one attached hydrogen (secondary N) is 1. The molecule has 2 N–H and O–H groups in total. The highest BCUT2D eigenvalue weighted by molar-refractivity contribution is 7.89. The lowest BCUT2D eigenvalue weighted by Crippen LogP contribution is -2.31. The molecule has 1 aliphatic carbocycles. The van der Waals surface area contributed by atoms with Crippen LogP contribution in [0.25, 0.3) is 0 Å². The van der Waals surface area contributed by atoms with Gasteiger partial charge in [0.1, 0.15) is 0 Å². The fourth-order valence-corrected chi connectivity index (χ4v) is 4.44. The molecule has 1 amide bonds. The van der Waals surface area contributed by atoms with Crippen molar-refractivity contribution >= 4 is 21.9 Å². The van der Waals surface area contributed by atoms with Crippen molar-refractivity contribution in [1.29, 1.82) is 0 Å². The third kappa shape index (κ3) is 3.69. The van der Waals surface area contributed by atoms with Crippen LogP contribution in [0, 0.1) is 18.8 Å². The minimum absolute atomic E-state index is 0.0128. The molecular weight excluding hydrogens is 344 g/mol. The maximum absolute atomic E-state index is 12.8. The average molecular weight is 366 g/mol. The molecule has 1 aliphatic heterocycles. The minimum atomic E-state index is -3.64. The van der Waals surface area contributed by atoms with Crippen LogP contribution in [-0.4, -0.2) is 49.4 Å². The maximum atomic E-state index is 12.8. The number of carboxylic acid groups (broad SMARTS) is 1. The van der Waals surface area contributed by atoms with Crippen molar-refractivity contribution in [3.63, 3.8) is 0 Å². The van der Waals surface area contributed by atoms with E-state index in [1.54, 1.807) is 19.9 Å². The maximum Gasteiger partial charge on any atom is 0.308 e. The molecule has 2 aliphatic rings. The largest absolute Gasteiger partial charge is 0.481 e. The Morgan fingerprint density at radius 3 is 2.48 bits per heavy atom. The van der Waals surface area contributed by atoms with Crippen molar-refractivity contribution in [1.82, 2.24) is 9.62 Å². The van der Waals surface area contributed by atoms with Gasteiger partial charge in [0.15, 0.2) is 0 Å². The van der Waals surface area contributed by atoms with E-state index in [-0.39, 0.29) is 29.3 Å². The van der Waals surface area contributed by atoms with Crippen LogP contribution in [0.5, 0.6) is 0 Å². The van der Waals surface area contributed by atoms with E-state index in [0.717, 1.165) is 12.8 Å². The lowest BCUT2D eigenvalue weighted by molar-refractivity contribution is -0.142. The number of nitrogens with zero attached hydrogens (tertiary/aromatic N) is 1. The van der Waals surface area contributed by atoms with Crippen molar-refractivity contribution in [3.05, 3.63) is 29.3 Å². The number of benzene rings is 1. The van der Waals surface area contributed by atoms with Crippen LogP contribution in [0.3, 0.4) is 0 Å². The molecule has 0 radical (unpaired) electrons. The van der Waals surface area contributed by atoms with Crippen molar-refractivity contribution < 1.29 is 23.1 Å². The van der Waals surface area contributed by atoms with Crippen LogP contribution >= 0.6 is 0 Å². The molecule has 0 unspecified atom stereocenters. The van der Waals surface area contributed by atoms with Crippen molar-refractivity contribution in [3.8, 4) is 0 Å². The molecule has 1 saturated carbocycles. The predicted molar refractivity (Wildman–Crippen MR) is 90.7 cm³/mol. The summed E-state index contributed by atoms with van der Waals surface area (Å²) in [5.74, 6) is -1.96. The number of hydrogen-bond acceptors (Lipinski definition) is 4. The minimum Gasteiger partial charge on any atom is -0.481 e. The third-order valence-corrected chi connectivity index (χ3v) is 6.38. The van der Waals surface area contributed by atoms with Crippen molar-refractivity contribution in [2.24, 2.45) is 11.8 Å². The highest BCUT2D eigenvalue weighted by Gasteiger charge is 2.37. The molecule has 25 heavy (non-hydrogen) atoms. The standard InChI is InChI=1S/C17H22N2O5S/c1-10-3-6-13(25(23,24)18-12-4-5-12)7-14(10)16(20)19-8-11(2)15(9-19)17(21)22/h3,6-7,11-12,15,18H,4-5,8-9H2,1-2H3,(H,21,22)/t11-,15-/m1/s1. The van der Waals surface area contributed by atoms with Crippen molar-refractivity contribution in [2.45, 2.75) is 37.6 Å². The summed E-state index contributed by atoms with van der Waals surface area (Å²) in [5.41, 5.74) is 0.971. The molecule has 2 atom stereocenters. The highest BCUT2D eigenvalue weighted by Crippen LogP contribution is 2.27. The molecular formula is C17H22N2O5S. The molecule has 1 saturated heterocycles. The number of hydrogen-bond donors (Lipinski definition) is 2. The zero-order chi connectivity index (χ0) is 18.4. The Hall–Kier alpha value is -1.93. The number of sulfonamides is 1. The fraction of sp³-hybridized carbons (Fsp3) is 0.529. The van der Waals surface area contributed by atoms with Gasteiger partial charge in [-0.05, 0) is 43.4 Å². The van der Waals surface area contributed by atoms with Gasteiger partial charge in [0.05, 0.1) is 10.8 Å². The zero-order valence-electron chi connectivity index (χ0n) is 14.2. The summed E-state index contributed by atoms with van der Waals surface area (Å²) < 4.78 is 27.3. The first-order valence-corrected chi connectivity index (χ1v) is 9.82. The Morgan fingerprint density at radius 2 is 1.92 bits per heavy atom. The third-order valence-electron chi connectivity index (χ3n) is 4.87. The Kier molecular flexibility index (Phi) is 4.59. The molecule has 1 aromatic carbocycles. The normalized spacial score (nSPS) is 23.7. The number of aryl methyl sites for hydroxylation is 1. The van der Waals surface area contributed by atoms with Gasteiger partial charge in [-0.25, -0.2) is 13.1 Å². The second-order valence-electron chi connectivity index (χ2n) is 7.00. The zero-order valence-corrected chi connectivity index (χ0v) is 15.0. The molecule has 136 valence electrons. The van der Waals surface area contributed by atoms with E-state index >= 15 is 0 Å². The van der Waals surface area contributed by atoms with Crippen LogP contribution in [0.1, 0.15) is 35.7 Å². The van der Waals surface area contributed by atoms with E-state index in [1.165, 1.54) is 17.0 Å². The number of aliphatic carboxylic acids is 1. The molecule has 1 heterocycles. The van der Waals surface area contributed by atoms with Gasteiger partial charge in [-0.1, -0.05) is 13.0 Å². The summed E-state index contributed by atoms with van der Waals surface area (Å²) in [7, 11) is -3.64. The van der Waals surface area contributed by atoms with E-state index < -0.39 is 21.9 Å². The SMILES string of the molecule is Cc1ccc(S(=O)(=O)NC2CC2)cc1C(=O)N1C[C@@H](C)[C@H](C(=O)O)C1. The molecule has 2 fully saturated rings. The second kappa shape index (κ2) is 6.42. The number of amides is 1. The first-order valence-electron chi connectivity index (χ1n) is 8.34. The lowest BCUT2D eigenvalue weighted by Gasteiger charge is -2.18. The van der Waals surface area contributed by atoms with Crippen LogP contribution in [0.4, 0.5) is 0 Å². The number of carboxylic acids is 1. The Bertz CT molecular complexity index is 816. The first-order chi connectivity index (χ1) is 11.7. The quantitative estimate of drug-likeness (QED) is 0.816. The van der Waals surface area contributed by atoms with E-state index in [1.807, 2.05) is 0 Å². The van der Waals surface area contributed by atoms with E-state index in [0.29, 0.717) is 17.7 Å². The molecule has 8 heteroatoms. The highest BCUT2D eigenvalue weighted by atomic mass is 32.2. The van der Waals surface area contributed by atoms with Gasteiger partial charge in [-0.2, -0.15) is 0 Å². The molecule has 0 bridgehead atoms. The number of rotatable bonds is 5. The summed E-state index contributed by atoms with van der Waals surface area (Å²) in [4.78, 5) is 25.6. The van der Waals surface area contributed by atoms with Crippen molar-refractivity contribution in [2.75, 3.05) is 13.1 Å². The van der Waals surface area contributed by atoms with Gasteiger partial charge >= 0.3 is 5.97 Å². The molecule has 0 aromatic heterocycles. The Morgan fingerprint density at radius 1 is 1.24 bits per heavy atom. The van der Waals surface area contributed by atoms with Crippen LogP contribution in [0.15, 0.2) is 23.1 Å². The molecule has 3 rings (SSSR count). The van der Waals surface area contributed by atoms with Crippen LogP contribution < -0.4 is 4.72 Å². The fourth-order valence-electron chi connectivity index (χ4n) is 3.11. The smallest absolute Gasteiger partial charge is 0.308 e. The summed E-state index contributed by atoms with van der Waals surface area (Å²) in [5, 5.41) is 9.22. The summed E-state index contributed by atoms with van der Waals surface area (Å²) in [6.45, 7) is 4.05. The number of carbonyl (C=O) groups is 2. The lowest BCUT2D eigenvalue weighted by atomic mass is 9.99. The summed E-state index contributed by atoms with van der Waals surface area (Å²) in [6, 6.07) is 4.48. The van der Waals surface area contributed by atoms with E-state index in [2.05, 4.69) is 4.72 Å². The summed E-state index contributed by atoms with van der Waals surface area (Å²) in [6.07, 6.45) is 1.66. The van der Waals surface area contributed by atoms with Gasteiger partial charge in [0.2, 0.25) is 10.0 Å². The number of likely N-dealkylation sites (tertiary alicyclic amines) is 1. The molecule has 1 aromatic rings. The topological polar surface area (TPSA) is 104 Å². The van der Waals surface area contributed by atoms with Gasteiger partial charge in [0.25, 0.3) is 5.91 Å². The first kappa shape index (κ1) is 17.9. The monoisotopic (exact) mass is 366 g/mol. The Labute approximate surface area is 147 Å². The number of carbonyl (C=O) groups excluding carboxylic acids is 1. The predicted octanol–water partition coefficient (Wildman–Crippen LogP) is 1.23. The van der Waals surface area contributed by atoms with E-state index in [4.69, 9.17) is 0 Å². The van der Waals surface area contributed by atoms with Crippen LogP contribution in [0.2, 0.25) is 0 Å². The van der Waals surface area contributed by atoms with E-state index in [9.17, 15) is 23.1 Å². The Balaban J connectivity index is 1.85. The molecule has 7 nitrogen and oxygen atoms in total. The van der Waals surface area contributed by atoms with Gasteiger partial charge in [-0.3, -0.25) is 9.59 Å². The molecule has 0 spiro atoms. The van der Waals surface area contributed by atoms with Gasteiger partial charge in [0, 0.05) is 24.7 Å². The van der Waals surface area contributed by atoms with Gasteiger partial charge < -0.3 is 10.0 Å². The van der Waals surface area contributed by atoms with Gasteiger partial charge in [-0.15, -0.1) is 0 Å². The average Bonchev–Trinajstić information content (AvgIpc) is 3.24.